The highest BCUT2D eigenvalue weighted by molar-refractivity contribution is 5.95. The van der Waals surface area contributed by atoms with Crippen LogP contribution in [0.4, 0.5) is 13.2 Å². The van der Waals surface area contributed by atoms with E-state index in [0.29, 0.717) is 5.56 Å². The predicted octanol–water partition coefficient (Wildman–Crippen LogP) is 2.56. The topological polar surface area (TPSA) is 116 Å². The van der Waals surface area contributed by atoms with Gasteiger partial charge in [0.25, 0.3) is 5.56 Å². The van der Waals surface area contributed by atoms with Crippen LogP contribution in [0.15, 0.2) is 29.1 Å². The molecule has 1 N–H and O–H groups in total. The molecular weight excluding hydrogens is 445 g/mol. The quantitative estimate of drug-likeness (QED) is 0.438. The fourth-order valence-corrected chi connectivity index (χ4v) is 3.47. The van der Waals surface area contributed by atoms with Crippen molar-refractivity contribution < 1.29 is 32.2 Å². The Morgan fingerprint density at radius 3 is 2.21 bits per heavy atom. The number of aromatic nitrogens is 4. The van der Waals surface area contributed by atoms with Crippen LogP contribution in [0, 0.1) is 12.8 Å². The molecule has 0 fully saturated rings. The van der Waals surface area contributed by atoms with Crippen molar-refractivity contribution in [2.75, 3.05) is 14.2 Å². The first-order valence-corrected chi connectivity index (χ1v) is 9.78. The van der Waals surface area contributed by atoms with Crippen LogP contribution in [0.25, 0.3) is 11.0 Å². The Hall–Kier alpha value is -3.70. The fourth-order valence-electron chi connectivity index (χ4n) is 3.47. The molecule has 1 atom stereocenters. The summed E-state index contributed by atoms with van der Waals surface area (Å²) in [5, 5.41) is 4.46. The van der Waals surface area contributed by atoms with Crippen molar-refractivity contribution in [3.8, 4) is 0 Å². The van der Waals surface area contributed by atoms with E-state index in [9.17, 15) is 27.6 Å². The van der Waals surface area contributed by atoms with Gasteiger partial charge in [-0.25, -0.2) is 9.67 Å². The van der Waals surface area contributed by atoms with Gasteiger partial charge in [0.1, 0.15) is 11.2 Å². The third-order valence-electron chi connectivity index (χ3n) is 5.21. The Labute approximate surface area is 185 Å². The summed E-state index contributed by atoms with van der Waals surface area (Å²) < 4.78 is 49.4. The van der Waals surface area contributed by atoms with Gasteiger partial charge in [0, 0.05) is 6.42 Å². The van der Waals surface area contributed by atoms with Gasteiger partial charge < -0.3 is 14.5 Å². The van der Waals surface area contributed by atoms with Gasteiger partial charge in [0.2, 0.25) is 0 Å². The van der Waals surface area contributed by atoms with Crippen LogP contribution in [0.3, 0.4) is 0 Å². The van der Waals surface area contributed by atoms with Crippen LogP contribution in [0.1, 0.15) is 35.6 Å². The molecule has 2 aromatic heterocycles. The highest BCUT2D eigenvalue weighted by atomic mass is 19.4. The van der Waals surface area contributed by atoms with E-state index >= 15 is 0 Å². The molecule has 2 heterocycles. The van der Waals surface area contributed by atoms with E-state index in [1.165, 1.54) is 16.8 Å². The molecule has 9 nitrogen and oxygen atoms in total. The number of ether oxygens (including phenoxy) is 2. The van der Waals surface area contributed by atoms with Crippen molar-refractivity contribution in [3.63, 3.8) is 0 Å². The van der Waals surface area contributed by atoms with E-state index in [0.717, 1.165) is 26.4 Å². The summed E-state index contributed by atoms with van der Waals surface area (Å²) in [6.07, 6.45) is -4.77. The predicted molar refractivity (Wildman–Crippen MR) is 109 cm³/mol. The Balaban J connectivity index is 2.12. The minimum atomic E-state index is -4.48. The number of nitrogens with zero attached hydrogens (tertiary/aromatic N) is 3. The molecule has 176 valence electrons. The maximum Gasteiger partial charge on any atom is 0.416 e. The van der Waals surface area contributed by atoms with Crippen LogP contribution in [0.5, 0.6) is 0 Å². The van der Waals surface area contributed by atoms with E-state index < -0.39 is 41.2 Å². The van der Waals surface area contributed by atoms with Gasteiger partial charge in [-0.05, 0) is 31.5 Å². The number of benzene rings is 1. The molecule has 33 heavy (non-hydrogen) atoms. The summed E-state index contributed by atoms with van der Waals surface area (Å²) in [5.41, 5.74) is -0.595. The lowest BCUT2D eigenvalue weighted by Crippen LogP contribution is -2.29. The molecule has 0 aliphatic rings. The number of aryl methyl sites for hydroxylation is 1. The fraction of sp³-hybridized carbons (Fsp3) is 0.381. The number of fused-ring (bicyclic) bond motifs is 1. The second kappa shape index (κ2) is 9.04. The number of carbonyl (C=O) groups is 2. The molecule has 0 bridgehead atoms. The first kappa shape index (κ1) is 24.0. The van der Waals surface area contributed by atoms with Crippen molar-refractivity contribution in [3.05, 3.63) is 57.3 Å². The van der Waals surface area contributed by atoms with E-state index in [1.807, 2.05) is 0 Å². The lowest BCUT2D eigenvalue weighted by atomic mass is 10.0. The molecule has 0 amide bonds. The van der Waals surface area contributed by atoms with Crippen molar-refractivity contribution in [1.29, 1.82) is 0 Å². The molecule has 12 heteroatoms. The highest BCUT2D eigenvalue weighted by Gasteiger charge is 2.33. The lowest BCUT2D eigenvalue weighted by Gasteiger charge is -2.15. The highest BCUT2D eigenvalue weighted by Crippen LogP contribution is 2.31. The first-order valence-electron chi connectivity index (χ1n) is 9.78. The van der Waals surface area contributed by atoms with Gasteiger partial charge in [0.05, 0.1) is 31.5 Å². The van der Waals surface area contributed by atoms with E-state index in [1.54, 1.807) is 13.8 Å². The minimum absolute atomic E-state index is 0.0529. The SMILES string of the molecule is COC(=O)C(Cc1nn(C(C)c2ccc(C(F)(F)F)cc2)c2nc(C)[nH]c(=O)c12)C(=O)OC. The summed E-state index contributed by atoms with van der Waals surface area (Å²) >= 11 is 0. The monoisotopic (exact) mass is 466 g/mol. The number of hydrogen-bond donors (Lipinski definition) is 1. The van der Waals surface area contributed by atoms with E-state index in [4.69, 9.17) is 0 Å². The zero-order valence-electron chi connectivity index (χ0n) is 18.2. The first-order chi connectivity index (χ1) is 15.5. The Kier molecular flexibility index (Phi) is 6.56. The van der Waals surface area contributed by atoms with Gasteiger partial charge in [0.15, 0.2) is 11.6 Å². The second-order valence-corrected chi connectivity index (χ2v) is 7.34. The molecule has 0 aliphatic carbocycles. The summed E-state index contributed by atoms with van der Waals surface area (Å²) in [6, 6.07) is 3.91. The third-order valence-corrected chi connectivity index (χ3v) is 5.21. The van der Waals surface area contributed by atoms with Crippen molar-refractivity contribution >= 4 is 23.0 Å². The standard InChI is InChI=1S/C21H21F3N4O5/c1-10(12-5-7-13(8-6-12)21(22,23)24)28-17-16(18(29)26-11(2)25-17)15(27-28)9-14(19(30)32-3)20(31)33-4/h5-8,10,14H,9H2,1-4H3,(H,25,26,29). The smallest absolute Gasteiger partial charge is 0.416 e. The molecule has 0 aliphatic heterocycles. The number of rotatable bonds is 6. The molecule has 0 spiro atoms. The number of hydrogen-bond acceptors (Lipinski definition) is 7. The van der Waals surface area contributed by atoms with Crippen molar-refractivity contribution in [1.82, 2.24) is 19.7 Å². The molecule has 3 rings (SSSR count). The van der Waals surface area contributed by atoms with Crippen molar-refractivity contribution in [2.24, 2.45) is 5.92 Å². The van der Waals surface area contributed by atoms with Crippen LogP contribution < -0.4 is 5.56 Å². The zero-order chi connectivity index (χ0) is 24.5. The second-order valence-electron chi connectivity index (χ2n) is 7.34. The van der Waals surface area contributed by atoms with Crippen LogP contribution in [0.2, 0.25) is 0 Å². The number of aromatic amines is 1. The molecule has 0 saturated carbocycles. The van der Waals surface area contributed by atoms with Crippen LogP contribution in [-0.4, -0.2) is 45.9 Å². The number of carbonyl (C=O) groups excluding carboxylic acids is 2. The number of esters is 2. The maximum absolute atomic E-state index is 12.9. The Morgan fingerprint density at radius 1 is 1.12 bits per heavy atom. The number of alkyl halides is 3. The third kappa shape index (κ3) is 4.73. The molecule has 0 saturated heterocycles. The largest absolute Gasteiger partial charge is 0.468 e. The van der Waals surface area contributed by atoms with Gasteiger partial charge in [-0.3, -0.25) is 14.4 Å². The zero-order valence-corrected chi connectivity index (χ0v) is 18.2. The molecular formula is C21H21F3N4O5. The number of nitrogens with one attached hydrogen (secondary N) is 1. The van der Waals surface area contributed by atoms with E-state index in [2.05, 4.69) is 24.5 Å². The number of methoxy groups -OCH3 is 2. The molecule has 1 unspecified atom stereocenters. The molecule has 1 aromatic carbocycles. The number of halogens is 3. The summed E-state index contributed by atoms with van der Waals surface area (Å²) in [4.78, 5) is 43.8. The van der Waals surface area contributed by atoms with Crippen molar-refractivity contribution in [2.45, 2.75) is 32.5 Å². The van der Waals surface area contributed by atoms with Crippen LogP contribution >= 0.6 is 0 Å². The van der Waals surface area contributed by atoms with Crippen LogP contribution in [-0.2, 0) is 31.7 Å². The summed E-state index contributed by atoms with van der Waals surface area (Å²) in [6.45, 7) is 3.24. The van der Waals surface area contributed by atoms with Gasteiger partial charge >= 0.3 is 18.1 Å². The maximum atomic E-state index is 12.9. The van der Waals surface area contributed by atoms with Gasteiger partial charge in [-0.2, -0.15) is 18.3 Å². The summed E-state index contributed by atoms with van der Waals surface area (Å²) in [7, 11) is 2.22. The van der Waals surface area contributed by atoms with Gasteiger partial charge in [-0.1, -0.05) is 12.1 Å². The average molecular weight is 466 g/mol. The normalized spacial score (nSPS) is 12.7. The van der Waals surface area contributed by atoms with Gasteiger partial charge in [-0.15, -0.1) is 0 Å². The Bertz CT molecular complexity index is 1230. The number of H-pyrrole nitrogens is 1. The Morgan fingerprint density at radius 2 is 1.70 bits per heavy atom. The molecule has 3 aromatic rings. The van der Waals surface area contributed by atoms with E-state index in [-0.39, 0.29) is 29.0 Å². The lowest BCUT2D eigenvalue weighted by molar-refractivity contribution is -0.158. The average Bonchev–Trinajstić information content (AvgIpc) is 3.13. The molecule has 0 radical (unpaired) electrons. The summed E-state index contributed by atoms with van der Waals surface area (Å²) in [5.74, 6) is -2.81. The minimum Gasteiger partial charge on any atom is -0.468 e.